The Bertz CT molecular complexity index is 644. The molecule has 1 heterocycles. The van der Waals surface area contributed by atoms with Crippen molar-refractivity contribution in [2.45, 2.75) is 26.7 Å². The van der Waals surface area contributed by atoms with Crippen LogP contribution in [-0.4, -0.2) is 11.6 Å². The van der Waals surface area contributed by atoms with E-state index in [-0.39, 0.29) is 5.41 Å². The third-order valence-electron chi connectivity index (χ3n) is 3.27. The minimum atomic E-state index is -0.298. The van der Waals surface area contributed by atoms with Crippen molar-refractivity contribution in [3.63, 3.8) is 0 Å². The maximum atomic E-state index is 8.97. The Morgan fingerprint density at radius 2 is 2.15 bits per heavy atom. The Morgan fingerprint density at radius 1 is 1.35 bits per heavy atom. The van der Waals surface area contributed by atoms with E-state index in [0.29, 0.717) is 12.3 Å². The second-order valence-corrected chi connectivity index (χ2v) is 5.50. The van der Waals surface area contributed by atoms with Gasteiger partial charge in [-0.2, -0.15) is 5.26 Å². The van der Waals surface area contributed by atoms with Crippen molar-refractivity contribution >= 4 is 16.6 Å². The molecule has 0 atom stereocenters. The van der Waals surface area contributed by atoms with E-state index in [0.717, 1.165) is 29.5 Å². The molecule has 0 unspecified atom stereocenters. The average molecular weight is 269 g/mol. The zero-order valence-electron chi connectivity index (χ0n) is 11.9. The summed E-state index contributed by atoms with van der Waals surface area (Å²) in [6.45, 7) is 4.46. The van der Waals surface area contributed by atoms with Crippen LogP contribution in [0.2, 0.25) is 0 Å². The van der Waals surface area contributed by atoms with Gasteiger partial charge in [0.05, 0.1) is 29.3 Å². The van der Waals surface area contributed by atoms with Crippen molar-refractivity contribution < 1.29 is 4.74 Å². The first kappa shape index (κ1) is 14.1. The zero-order valence-corrected chi connectivity index (χ0v) is 11.9. The van der Waals surface area contributed by atoms with Crippen molar-refractivity contribution in [1.82, 2.24) is 4.98 Å². The summed E-state index contributed by atoms with van der Waals surface area (Å²) >= 11 is 0. The molecule has 2 N–H and O–H groups in total. The van der Waals surface area contributed by atoms with Crippen LogP contribution >= 0.6 is 0 Å². The highest BCUT2D eigenvalue weighted by Gasteiger charge is 2.15. The van der Waals surface area contributed by atoms with E-state index in [1.165, 1.54) is 0 Å². The van der Waals surface area contributed by atoms with E-state index in [1.54, 1.807) is 6.20 Å². The monoisotopic (exact) mass is 269 g/mol. The second kappa shape index (κ2) is 5.79. The van der Waals surface area contributed by atoms with Crippen molar-refractivity contribution in [2.24, 2.45) is 5.41 Å². The molecular weight excluding hydrogens is 250 g/mol. The molecule has 0 radical (unpaired) electrons. The first-order chi connectivity index (χ1) is 9.53. The predicted octanol–water partition coefficient (Wildman–Crippen LogP) is 3.53. The molecule has 4 nitrogen and oxygen atoms in total. The fraction of sp³-hybridized carbons (Fsp3) is 0.375. The standard InChI is InChI=1S/C16H19N3O/c1-16(2,11-17)8-4-10-20-14-7-6-13(18)15-12(14)5-3-9-19-15/h3,5-7,9H,4,8,10,18H2,1-2H3. The normalized spacial score (nSPS) is 11.2. The van der Waals surface area contributed by atoms with Crippen LogP contribution in [0.3, 0.4) is 0 Å². The molecule has 0 aliphatic heterocycles. The van der Waals surface area contributed by atoms with Crippen molar-refractivity contribution in [2.75, 3.05) is 12.3 Å². The number of anilines is 1. The molecule has 0 aliphatic carbocycles. The first-order valence-electron chi connectivity index (χ1n) is 6.71. The summed E-state index contributed by atoms with van der Waals surface area (Å²) in [5.41, 5.74) is 7.02. The summed E-state index contributed by atoms with van der Waals surface area (Å²) < 4.78 is 5.81. The van der Waals surface area contributed by atoms with Gasteiger partial charge in [-0.1, -0.05) is 0 Å². The van der Waals surface area contributed by atoms with Gasteiger partial charge in [-0.05, 0) is 51.0 Å². The molecule has 1 aromatic carbocycles. The van der Waals surface area contributed by atoms with Crippen LogP contribution in [-0.2, 0) is 0 Å². The van der Waals surface area contributed by atoms with Crippen molar-refractivity contribution in [3.8, 4) is 11.8 Å². The van der Waals surface area contributed by atoms with Gasteiger partial charge in [-0.3, -0.25) is 4.98 Å². The molecule has 20 heavy (non-hydrogen) atoms. The second-order valence-electron chi connectivity index (χ2n) is 5.50. The highest BCUT2D eigenvalue weighted by atomic mass is 16.5. The van der Waals surface area contributed by atoms with Gasteiger partial charge in [0.15, 0.2) is 0 Å². The number of benzene rings is 1. The van der Waals surface area contributed by atoms with Crippen molar-refractivity contribution in [3.05, 3.63) is 30.5 Å². The zero-order chi connectivity index (χ0) is 14.6. The first-order valence-corrected chi connectivity index (χ1v) is 6.71. The smallest absolute Gasteiger partial charge is 0.128 e. The third kappa shape index (κ3) is 3.18. The maximum absolute atomic E-state index is 8.97. The van der Waals surface area contributed by atoms with Crippen LogP contribution in [0.15, 0.2) is 30.5 Å². The summed E-state index contributed by atoms with van der Waals surface area (Å²) in [6, 6.07) is 9.79. The van der Waals surface area contributed by atoms with Crippen LogP contribution in [0, 0.1) is 16.7 Å². The van der Waals surface area contributed by atoms with Gasteiger partial charge in [0.1, 0.15) is 5.75 Å². The number of pyridine rings is 1. The molecule has 0 saturated heterocycles. The Labute approximate surface area is 119 Å². The number of hydrogen-bond donors (Lipinski definition) is 1. The minimum Gasteiger partial charge on any atom is -0.493 e. The summed E-state index contributed by atoms with van der Waals surface area (Å²) in [7, 11) is 0. The van der Waals surface area contributed by atoms with Gasteiger partial charge in [-0.15, -0.1) is 0 Å². The lowest BCUT2D eigenvalue weighted by atomic mass is 9.90. The Kier molecular flexibility index (Phi) is 4.09. The van der Waals surface area contributed by atoms with E-state index >= 15 is 0 Å². The van der Waals surface area contributed by atoms with Gasteiger partial charge in [-0.25, -0.2) is 0 Å². The molecule has 0 amide bonds. The van der Waals surface area contributed by atoms with E-state index in [4.69, 9.17) is 15.7 Å². The van der Waals surface area contributed by atoms with Gasteiger partial charge in [0, 0.05) is 11.6 Å². The molecule has 4 heteroatoms. The van der Waals surface area contributed by atoms with Crippen LogP contribution in [0.25, 0.3) is 10.9 Å². The molecule has 0 saturated carbocycles. The fourth-order valence-corrected chi connectivity index (χ4v) is 2.05. The molecule has 2 aromatic rings. The van der Waals surface area contributed by atoms with E-state index in [9.17, 15) is 0 Å². The Balaban J connectivity index is 2.05. The van der Waals surface area contributed by atoms with Gasteiger partial charge < -0.3 is 10.5 Å². The maximum Gasteiger partial charge on any atom is 0.128 e. The summed E-state index contributed by atoms with van der Waals surface area (Å²) in [5.74, 6) is 0.789. The lowest BCUT2D eigenvalue weighted by Crippen LogP contribution is -2.10. The molecule has 104 valence electrons. The number of rotatable bonds is 5. The molecule has 0 spiro atoms. The van der Waals surface area contributed by atoms with Crippen molar-refractivity contribution in [1.29, 1.82) is 5.26 Å². The number of nitrogens with zero attached hydrogens (tertiary/aromatic N) is 2. The number of nitriles is 1. The third-order valence-corrected chi connectivity index (χ3v) is 3.27. The minimum absolute atomic E-state index is 0.298. The number of nitrogens with two attached hydrogens (primary N) is 1. The van der Waals surface area contributed by atoms with Gasteiger partial charge in [0.25, 0.3) is 0 Å². The largest absolute Gasteiger partial charge is 0.493 e. The fourth-order valence-electron chi connectivity index (χ4n) is 2.05. The quantitative estimate of drug-likeness (QED) is 0.665. The van der Waals surface area contributed by atoms with Crippen LogP contribution in [0.1, 0.15) is 26.7 Å². The van der Waals surface area contributed by atoms with E-state index in [1.807, 2.05) is 38.1 Å². The number of fused-ring (bicyclic) bond motifs is 1. The number of nitrogen functional groups attached to an aromatic ring is 1. The molecule has 2 rings (SSSR count). The summed E-state index contributed by atoms with van der Waals surface area (Å²) in [5, 5.41) is 9.89. The lowest BCUT2D eigenvalue weighted by Gasteiger charge is -2.15. The average Bonchev–Trinajstić information content (AvgIpc) is 2.46. The summed E-state index contributed by atoms with van der Waals surface area (Å²) in [6.07, 6.45) is 3.37. The summed E-state index contributed by atoms with van der Waals surface area (Å²) in [4.78, 5) is 4.27. The predicted molar refractivity (Wildman–Crippen MR) is 80.3 cm³/mol. The van der Waals surface area contributed by atoms with Gasteiger partial charge >= 0.3 is 0 Å². The SMILES string of the molecule is CC(C)(C#N)CCCOc1ccc(N)c2ncccc12. The van der Waals surface area contributed by atoms with E-state index in [2.05, 4.69) is 11.1 Å². The highest BCUT2D eigenvalue weighted by molar-refractivity contribution is 5.93. The van der Waals surface area contributed by atoms with Gasteiger partial charge in [0.2, 0.25) is 0 Å². The molecule has 1 aromatic heterocycles. The molecule has 0 aliphatic rings. The Hall–Kier alpha value is -2.28. The Morgan fingerprint density at radius 3 is 2.90 bits per heavy atom. The number of aromatic nitrogens is 1. The van der Waals surface area contributed by atoms with Crippen LogP contribution in [0.4, 0.5) is 5.69 Å². The number of hydrogen-bond acceptors (Lipinski definition) is 4. The molecular formula is C16H19N3O. The van der Waals surface area contributed by atoms with E-state index < -0.39 is 0 Å². The topological polar surface area (TPSA) is 71.9 Å². The lowest BCUT2D eigenvalue weighted by molar-refractivity contribution is 0.287. The number of ether oxygens (including phenoxy) is 1. The molecule has 0 fully saturated rings. The van der Waals surface area contributed by atoms with Crippen LogP contribution < -0.4 is 10.5 Å². The molecule has 0 bridgehead atoms. The highest BCUT2D eigenvalue weighted by Crippen LogP contribution is 2.29. The van der Waals surface area contributed by atoms with Crippen LogP contribution in [0.5, 0.6) is 5.75 Å².